The number of hydrogen-bond acceptors (Lipinski definition) is 4. The predicted octanol–water partition coefficient (Wildman–Crippen LogP) is 0.188. The maximum absolute atomic E-state index is 11.2. The second kappa shape index (κ2) is 4.39. The van der Waals surface area contributed by atoms with E-state index in [9.17, 15) is 8.42 Å². The minimum atomic E-state index is -2.75. The van der Waals surface area contributed by atoms with Crippen molar-refractivity contribution in [2.45, 2.75) is 31.9 Å². The van der Waals surface area contributed by atoms with Gasteiger partial charge in [-0.1, -0.05) is 0 Å². The van der Waals surface area contributed by atoms with Gasteiger partial charge in [-0.2, -0.15) is 0 Å². The maximum atomic E-state index is 11.2. The molecule has 88 valence electrons. The van der Waals surface area contributed by atoms with E-state index in [-0.39, 0.29) is 6.04 Å². The molecule has 1 N–H and O–H groups in total. The summed E-state index contributed by atoms with van der Waals surface area (Å²) in [5.74, 6) is 1.21. The zero-order valence-electron chi connectivity index (χ0n) is 9.11. The molecule has 2 heterocycles. The molecule has 2 aliphatic rings. The fourth-order valence-corrected chi connectivity index (χ4v) is 4.03. The minimum Gasteiger partial charge on any atom is -0.378 e. The van der Waals surface area contributed by atoms with Gasteiger partial charge in [0.1, 0.15) is 0 Å². The average molecular weight is 233 g/mol. The zero-order chi connectivity index (χ0) is 10.9. The molecule has 2 aliphatic heterocycles. The van der Waals surface area contributed by atoms with Gasteiger partial charge >= 0.3 is 0 Å². The first kappa shape index (κ1) is 11.4. The van der Waals surface area contributed by atoms with E-state index in [1.165, 1.54) is 0 Å². The molecule has 0 bridgehead atoms. The lowest BCUT2D eigenvalue weighted by molar-refractivity contribution is 0.105. The highest BCUT2D eigenvalue weighted by Gasteiger charge is 2.30. The van der Waals surface area contributed by atoms with Crippen LogP contribution in [0, 0.1) is 5.92 Å². The normalized spacial score (nSPS) is 39.7. The molecule has 0 aromatic heterocycles. The van der Waals surface area contributed by atoms with Gasteiger partial charge in [-0.25, -0.2) is 8.42 Å². The summed E-state index contributed by atoms with van der Waals surface area (Å²) >= 11 is 0. The van der Waals surface area contributed by atoms with Crippen LogP contribution < -0.4 is 5.32 Å². The molecule has 0 aromatic carbocycles. The first-order valence-electron chi connectivity index (χ1n) is 5.62. The van der Waals surface area contributed by atoms with Crippen molar-refractivity contribution >= 4 is 9.84 Å². The van der Waals surface area contributed by atoms with Crippen LogP contribution >= 0.6 is 0 Å². The van der Waals surface area contributed by atoms with Crippen molar-refractivity contribution in [3.05, 3.63) is 0 Å². The van der Waals surface area contributed by atoms with Gasteiger partial charge in [-0.3, -0.25) is 0 Å². The Bertz CT molecular complexity index is 315. The molecule has 2 fully saturated rings. The van der Waals surface area contributed by atoms with Crippen LogP contribution in [0.25, 0.3) is 0 Å². The van der Waals surface area contributed by atoms with E-state index < -0.39 is 9.84 Å². The number of hydrogen-bond donors (Lipinski definition) is 1. The molecule has 0 radical (unpaired) electrons. The summed E-state index contributed by atoms with van der Waals surface area (Å²) < 4.78 is 27.9. The maximum Gasteiger partial charge on any atom is 0.151 e. The smallest absolute Gasteiger partial charge is 0.151 e. The van der Waals surface area contributed by atoms with Gasteiger partial charge in [-0.15, -0.1) is 0 Å². The van der Waals surface area contributed by atoms with Crippen molar-refractivity contribution in [1.82, 2.24) is 5.32 Å². The van der Waals surface area contributed by atoms with Crippen LogP contribution in [0.2, 0.25) is 0 Å². The Balaban J connectivity index is 1.75. The fraction of sp³-hybridized carbons (Fsp3) is 1.00. The Hall–Kier alpha value is -0.130. The molecule has 0 saturated carbocycles. The highest BCUT2D eigenvalue weighted by molar-refractivity contribution is 7.91. The highest BCUT2D eigenvalue weighted by Crippen LogP contribution is 2.20. The van der Waals surface area contributed by atoms with Crippen molar-refractivity contribution in [3.8, 4) is 0 Å². The van der Waals surface area contributed by atoms with Gasteiger partial charge in [0, 0.05) is 19.2 Å². The van der Waals surface area contributed by atoms with Gasteiger partial charge in [0.15, 0.2) is 9.84 Å². The third-order valence-electron chi connectivity index (χ3n) is 3.43. The summed E-state index contributed by atoms with van der Waals surface area (Å²) in [5, 5.41) is 3.35. The molecular weight excluding hydrogens is 214 g/mol. The molecule has 5 heteroatoms. The third-order valence-corrected chi connectivity index (χ3v) is 5.20. The summed E-state index contributed by atoms with van der Waals surface area (Å²) in [4.78, 5) is 0. The van der Waals surface area contributed by atoms with Crippen molar-refractivity contribution < 1.29 is 13.2 Å². The largest absolute Gasteiger partial charge is 0.378 e. The molecule has 15 heavy (non-hydrogen) atoms. The number of rotatable bonds is 3. The lowest BCUT2D eigenvalue weighted by atomic mass is 10.0. The van der Waals surface area contributed by atoms with Gasteiger partial charge in [-0.05, 0) is 25.7 Å². The third kappa shape index (κ3) is 2.92. The summed E-state index contributed by atoms with van der Waals surface area (Å²) in [6.07, 6.45) is 2.17. The summed E-state index contributed by atoms with van der Waals surface area (Å²) in [6.45, 7) is 3.82. The molecule has 0 amide bonds. The number of ether oxygens (including phenoxy) is 1. The monoisotopic (exact) mass is 233 g/mol. The van der Waals surface area contributed by atoms with E-state index in [1.807, 2.05) is 0 Å². The van der Waals surface area contributed by atoms with Crippen LogP contribution in [0.15, 0.2) is 0 Å². The fourth-order valence-electron chi connectivity index (χ4n) is 2.32. The Morgan fingerprint density at radius 1 is 1.40 bits per heavy atom. The Morgan fingerprint density at radius 2 is 2.20 bits per heavy atom. The van der Waals surface area contributed by atoms with E-state index in [0.717, 1.165) is 26.0 Å². The summed E-state index contributed by atoms with van der Waals surface area (Å²) in [6, 6.07) is 0.169. The standard InChI is InChI=1S/C10H19NO3S/c1-8-9(2-4-14-8)6-11-10-3-5-15(12,13)7-10/h8-11H,2-7H2,1H3. The second-order valence-corrected chi connectivity index (χ2v) is 6.86. The van der Waals surface area contributed by atoms with Crippen molar-refractivity contribution in [2.24, 2.45) is 5.92 Å². The quantitative estimate of drug-likeness (QED) is 0.756. The average Bonchev–Trinajstić information content (AvgIpc) is 2.69. The van der Waals surface area contributed by atoms with Gasteiger partial charge in [0.05, 0.1) is 17.6 Å². The van der Waals surface area contributed by atoms with Crippen LogP contribution in [-0.2, 0) is 14.6 Å². The van der Waals surface area contributed by atoms with Crippen LogP contribution in [0.3, 0.4) is 0 Å². The first-order chi connectivity index (χ1) is 7.07. The zero-order valence-corrected chi connectivity index (χ0v) is 9.92. The highest BCUT2D eigenvalue weighted by atomic mass is 32.2. The number of nitrogens with one attached hydrogen (secondary N) is 1. The van der Waals surface area contributed by atoms with Crippen molar-refractivity contribution in [2.75, 3.05) is 24.7 Å². The molecule has 3 atom stereocenters. The van der Waals surface area contributed by atoms with E-state index in [4.69, 9.17) is 4.74 Å². The molecule has 0 spiro atoms. The van der Waals surface area contributed by atoms with Gasteiger partial charge < -0.3 is 10.1 Å². The van der Waals surface area contributed by atoms with E-state index in [2.05, 4.69) is 12.2 Å². The molecule has 3 unspecified atom stereocenters. The predicted molar refractivity (Wildman–Crippen MR) is 58.6 cm³/mol. The van der Waals surface area contributed by atoms with E-state index in [0.29, 0.717) is 23.5 Å². The summed E-state index contributed by atoms with van der Waals surface area (Å²) in [7, 11) is -2.75. The molecule has 0 aromatic rings. The molecule has 4 nitrogen and oxygen atoms in total. The molecule has 2 saturated heterocycles. The van der Waals surface area contributed by atoms with Crippen molar-refractivity contribution in [1.29, 1.82) is 0 Å². The Morgan fingerprint density at radius 3 is 2.73 bits per heavy atom. The van der Waals surface area contributed by atoms with Crippen LogP contribution in [0.4, 0.5) is 0 Å². The molecular formula is C10H19NO3S. The first-order valence-corrected chi connectivity index (χ1v) is 7.44. The second-order valence-electron chi connectivity index (χ2n) is 4.63. The van der Waals surface area contributed by atoms with Gasteiger partial charge in [0.2, 0.25) is 0 Å². The van der Waals surface area contributed by atoms with Crippen LogP contribution in [0.5, 0.6) is 0 Å². The summed E-state index contributed by atoms with van der Waals surface area (Å²) in [5.41, 5.74) is 0. The van der Waals surface area contributed by atoms with Crippen molar-refractivity contribution in [3.63, 3.8) is 0 Å². The van der Waals surface area contributed by atoms with E-state index in [1.54, 1.807) is 0 Å². The minimum absolute atomic E-state index is 0.169. The molecule has 2 rings (SSSR count). The van der Waals surface area contributed by atoms with E-state index >= 15 is 0 Å². The lowest BCUT2D eigenvalue weighted by Crippen LogP contribution is -2.36. The Labute approximate surface area is 91.3 Å². The SMILES string of the molecule is CC1OCCC1CNC1CCS(=O)(=O)C1. The lowest BCUT2D eigenvalue weighted by Gasteiger charge is -2.17. The topological polar surface area (TPSA) is 55.4 Å². The van der Waals surface area contributed by atoms with Gasteiger partial charge in [0.25, 0.3) is 0 Å². The number of sulfone groups is 1. The molecule has 0 aliphatic carbocycles. The van der Waals surface area contributed by atoms with Crippen LogP contribution in [0.1, 0.15) is 19.8 Å². The van der Waals surface area contributed by atoms with Crippen LogP contribution in [-0.4, -0.2) is 45.2 Å². The Kier molecular flexibility index (Phi) is 3.33.